The molecule has 1 aliphatic heterocycles. The van der Waals surface area contributed by atoms with Gasteiger partial charge < -0.3 is 9.47 Å². The number of carbonyl (C=O) groups excluding carboxylic acids is 3. The SMILES string of the molecule is C=C1C(=O)O[C@H]2[C@H]3C(C)=CC(=O)C3=C(C)C[C@@H](OC(=O)/C(C)=C/C)[C@@H]12. The van der Waals surface area contributed by atoms with Gasteiger partial charge in [0, 0.05) is 29.1 Å². The Balaban J connectivity index is 2.04. The van der Waals surface area contributed by atoms with Crippen LogP contribution in [0.5, 0.6) is 0 Å². The van der Waals surface area contributed by atoms with Crippen molar-refractivity contribution in [3.8, 4) is 0 Å². The fourth-order valence-electron chi connectivity index (χ4n) is 3.97. The molecule has 0 spiro atoms. The summed E-state index contributed by atoms with van der Waals surface area (Å²) >= 11 is 0. The number of hydrogen-bond donors (Lipinski definition) is 0. The van der Waals surface area contributed by atoms with Crippen molar-refractivity contribution in [1.29, 1.82) is 0 Å². The van der Waals surface area contributed by atoms with Gasteiger partial charge in [0.25, 0.3) is 0 Å². The van der Waals surface area contributed by atoms with Crippen molar-refractivity contribution in [1.82, 2.24) is 0 Å². The van der Waals surface area contributed by atoms with E-state index in [1.54, 1.807) is 26.0 Å². The van der Waals surface area contributed by atoms with Crippen LogP contribution >= 0.6 is 0 Å². The monoisotopic (exact) mass is 342 g/mol. The van der Waals surface area contributed by atoms with Crippen LogP contribution in [0.2, 0.25) is 0 Å². The van der Waals surface area contributed by atoms with E-state index in [0.717, 1.165) is 11.1 Å². The Morgan fingerprint density at radius 1 is 1.36 bits per heavy atom. The minimum Gasteiger partial charge on any atom is -0.458 e. The molecule has 5 heteroatoms. The van der Waals surface area contributed by atoms with Crippen LogP contribution in [0.1, 0.15) is 34.1 Å². The van der Waals surface area contributed by atoms with Gasteiger partial charge in [-0.3, -0.25) is 4.79 Å². The maximum absolute atomic E-state index is 12.4. The quantitative estimate of drug-likeness (QED) is 0.570. The van der Waals surface area contributed by atoms with Crippen molar-refractivity contribution in [2.45, 2.75) is 46.3 Å². The van der Waals surface area contributed by atoms with Crippen molar-refractivity contribution in [2.75, 3.05) is 0 Å². The van der Waals surface area contributed by atoms with E-state index >= 15 is 0 Å². The number of esters is 2. The minimum atomic E-state index is -0.579. The highest BCUT2D eigenvalue weighted by Gasteiger charge is 2.53. The lowest BCUT2D eigenvalue weighted by Gasteiger charge is -2.28. The second-order valence-electron chi connectivity index (χ2n) is 6.96. The summed E-state index contributed by atoms with van der Waals surface area (Å²) in [7, 11) is 0. The van der Waals surface area contributed by atoms with Crippen molar-refractivity contribution in [2.24, 2.45) is 11.8 Å². The average Bonchev–Trinajstić information content (AvgIpc) is 2.96. The predicted molar refractivity (Wildman–Crippen MR) is 91.4 cm³/mol. The maximum atomic E-state index is 12.4. The molecule has 0 aromatic carbocycles. The summed E-state index contributed by atoms with van der Waals surface area (Å²) < 4.78 is 11.3. The van der Waals surface area contributed by atoms with Gasteiger partial charge in [0.1, 0.15) is 12.2 Å². The summed E-state index contributed by atoms with van der Waals surface area (Å²) in [5.74, 6) is -1.70. The highest BCUT2D eigenvalue weighted by atomic mass is 16.6. The van der Waals surface area contributed by atoms with Crippen LogP contribution in [0, 0.1) is 11.8 Å². The molecule has 0 radical (unpaired) electrons. The van der Waals surface area contributed by atoms with Crippen LogP contribution in [-0.4, -0.2) is 29.9 Å². The van der Waals surface area contributed by atoms with Crippen LogP contribution < -0.4 is 0 Å². The van der Waals surface area contributed by atoms with E-state index in [1.807, 2.05) is 13.8 Å². The van der Waals surface area contributed by atoms with Crippen molar-refractivity contribution < 1.29 is 23.9 Å². The van der Waals surface area contributed by atoms with Gasteiger partial charge in [0.15, 0.2) is 5.78 Å². The highest BCUT2D eigenvalue weighted by molar-refractivity contribution is 6.09. The third kappa shape index (κ3) is 2.68. The zero-order valence-electron chi connectivity index (χ0n) is 14.9. The Labute approximate surface area is 147 Å². The van der Waals surface area contributed by atoms with E-state index in [-0.39, 0.29) is 11.7 Å². The lowest BCUT2D eigenvalue weighted by Crippen LogP contribution is -2.36. The van der Waals surface area contributed by atoms with Gasteiger partial charge in [0.05, 0.1) is 5.92 Å². The average molecular weight is 342 g/mol. The van der Waals surface area contributed by atoms with Crippen molar-refractivity contribution >= 4 is 17.7 Å². The molecule has 132 valence electrons. The topological polar surface area (TPSA) is 69.7 Å². The van der Waals surface area contributed by atoms with E-state index in [4.69, 9.17) is 9.47 Å². The summed E-state index contributed by atoms with van der Waals surface area (Å²) in [4.78, 5) is 36.8. The summed E-state index contributed by atoms with van der Waals surface area (Å²) in [5.41, 5.74) is 3.21. The molecule has 3 aliphatic rings. The molecule has 3 rings (SSSR count). The molecule has 1 fully saturated rings. The molecule has 2 aliphatic carbocycles. The number of ketones is 1. The Kier molecular flexibility index (Phi) is 4.27. The lowest BCUT2D eigenvalue weighted by atomic mass is 9.82. The molecular weight excluding hydrogens is 320 g/mol. The largest absolute Gasteiger partial charge is 0.458 e. The molecule has 4 atom stereocenters. The molecule has 1 heterocycles. The summed E-state index contributed by atoms with van der Waals surface area (Å²) in [6.07, 6.45) is 2.53. The van der Waals surface area contributed by atoms with Crippen molar-refractivity contribution in [3.63, 3.8) is 0 Å². The summed E-state index contributed by atoms with van der Waals surface area (Å²) in [6, 6.07) is 0. The number of fused-ring (bicyclic) bond motifs is 3. The van der Waals surface area contributed by atoms with Gasteiger partial charge in [-0.05, 0) is 33.8 Å². The first kappa shape index (κ1) is 17.4. The summed E-state index contributed by atoms with van der Waals surface area (Å²) in [5, 5.41) is 0. The van der Waals surface area contributed by atoms with Gasteiger partial charge in [-0.25, -0.2) is 9.59 Å². The molecule has 0 saturated carbocycles. The number of rotatable bonds is 2. The Morgan fingerprint density at radius 3 is 2.68 bits per heavy atom. The molecule has 25 heavy (non-hydrogen) atoms. The zero-order chi connectivity index (χ0) is 18.5. The first-order valence-corrected chi connectivity index (χ1v) is 8.42. The van der Waals surface area contributed by atoms with Crippen LogP contribution in [0.3, 0.4) is 0 Å². The maximum Gasteiger partial charge on any atom is 0.334 e. The van der Waals surface area contributed by atoms with E-state index in [1.165, 1.54) is 0 Å². The number of hydrogen-bond acceptors (Lipinski definition) is 5. The molecule has 0 amide bonds. The van der Waals surface area contributed by atoms with E-state index in [0.29, 0.717) is 23.1 Å². The molecule has 0 N–H and O–H groups in total. The summed E-state index contributed by atoms with van der Waals surface area (Å²) in [6.45, 7) is 11.0. The number of carbonyl (C=O) groups is 3. The lowest BCUT2D eigenvalue weighted by molar-refractivity contribution is -0.148. The van der Waals surface area contributed by atoms with Crippen LogP contribution in [0.15, 0.2) is 46.6 Å². The first-order chi connectivity index (χ1) is 11.8. The van der Waals surface area contributed by atoms with Gasteiger partial charge in [0.2, 0.25) is 0 Å². The van der Waals surface area contributed by atoms with Crippen LogP contribution in [-0.2, 0) is 23.9 Å². The van der Waals surface area contributed by atoms with E-state index in [9.17, 15) is 14.4 Å². The molecule has 0 bridgehead atoms. The number of allylic oxidation sites excluding steroid dienone is 2. The van der Waals surface area contributed by atoms with Gasteiger partial charge in [-0.15, -0.1) is 0 Å². The predicted octanol–water partition coefficient (Wildman–Crippen LogP) is 2.83. The first-order valence-electron chi connectivity index (χ1n) is 8.42. The second kappa shape index (κ2) is 6.14. The number of ether oxygens (including phenoxy) is 2. The van der Waals surface area contributed by atoms with Crippen molar-refractivity contribution in [3.05, 3.63) is 46.6 Å². The van der Waals surface area contributed by atoms with E-state index < -0.39 is 30.1 Å². The third-order valence-corrected chi connectivity index (χ3v) is 5.40. The van der Waals surface area contributed by atoms with Crippen LogP contribution in [0.25, 0.3) is 0 Å². The smallest absolute Gasteiger partial charge is 0.334 e. The van der Waals surface area contributed by atoms with Gasteiger partial charge in [-0.2, -0.15) is 0 Å². The third-order valence-electron chi connectivity index (χ3n) is 5.40. The zero-order valence-corrected chi connectivity index (χ0v) is 14.9. The standard InChI is InChI=1S/C20H22O5/c1-6-9(2)19(22)24-14-8-11(4)15-13(21)7-10(3)16(15)18-17(14)12(5)20(23)25-18/h6-7,14,16-18H,5,8H2,1-4H3/b9-6+/t14-,16+,17-,18+/m1/s1. The molecule has 0 aromatic rings. The Hall–Kier alpha value is -2.43. The molecule has 1 saturated heterocycles. The second-order valence-corrected chi connectivity index (χ2v) is 6.96. The fourth-order valence-corrected chi connectivity index (χ4v) is 3.97. The van der Waals surface area contributed by atoms with E-state index in [2.05, 4.69) is 6.58 Å². The minimum absolute atomic E-state index is 0.0519. The normalized spacial score (nSPS) is 32.1. The van der Waals surface area contributed by atoms with Gasteiger partial charge >= 0.3 is 11.9 Å². The van der Waals surface area contributed by atoms with Crippen LogP contribution in [0.4, 0.5) is 0 Å². The molecule has 0 unspecified atom stereocenters. The molecule has 0 aromatic heterocycles. The Morgan fingerprint density at radius 2 is 2.04 bits per heavy atom. The Bertz CT molecular complexity index is 780. The fraction of sp³-hybridized carbons (Fsp3) is 0.450. The molecular formula is C20H22O5. The highest BCUT2D eigenvalue weighted by Crippen LogP contribution is 2.48. The van der Waals surface area contributed by atoms with Gasteiger partial charge in [-0.1, -0.05) is 23.8 Å². The molecule has 5 nitrogen and oxygen atoms in total.